The molecule has 1 saturated heterocycles. The van der Waals surface area contributed by atoms with Crippen molar-refractivity contribution in [2.24, 2.45) is 4.99 Å². The van der Waals surface area contributed by atoms with Crippen LogP contribution in [-0.4, -0.2) is 65.7 Å². The summed E-state index contributed by atoms with van der Waals surface area (Å²) in [5.41, 5.74) is -0.947. The molecular formula is C15H21F6N5S. The number of guanidine groups is 1. The summed E-state index contributed by atoms with van der Waals surface area (Å²) in [6, 6.07) is -1.52. The standard InChI is InChI=1S/C15H21F6N5S/c1-3-22-13(23-8-12-24-11(9-27-12)15(19,20)21)26-6-4-25(5-7-26)10(2)14(16,17)18/h9-10H,3-8H2,1-2H3,(H,22,23). The van der Waals surface area contributed by atoms with E-state index < -0.39 is 24.1 Å². The van der Waals surface area contributed by atoms with Gasteiger partial charge in [-0.2, -0.15) is 26.3 Å². The van der Waals surface area contributed by atoms with Crippen LogP contribution >= 0.6 is 11.3 Å². The highest BCUT2D eigenvalue weighted by molar-refractivity contribution is 7.09. The van der Waals surface area contributed by atoms with Crippen molar-refractivity contribution in [3.05, 3.63) is 16.1 Å². The monoisotopic (exact) mass is 417 g/mol. The molecule has 0 radical (unpaired) electrons. The Morgan fingerprint density at radius 3 is 2.33 bits per heavy atom. The number of rotatable bonds is 4. The first-order valence-corrected chi connectivity index (χ1v) is 9.26. The van der Waals surface area contributed by atoms with E-state index in [1.807, 2.05) is 6.92 Å². The van der Waals surface area contributed by atoms with E-state index in [4.69, 9.17) is 0 Å². The Bertz CT molecular complexity index is 633. The number of nitrogens with one attached hydrogen (secondary N) is 1. The van der Waals surface area contributed by atoms with Gasteiger partial charge in [0.2, 0.25) is 0 Å². The molecule has 0 aliphatic carbocycles. The van der Waals surface area contributed by atoms with Crippen LogP contribution < -0.4 is 5.32 Å². The van der Waals surface area contributed by atoms with Crippen molar-refractivity contribution >= 4 is 17.3 Å². The molecule has 1 aliphatic heterocycles. The second-order valence-corrected chi connectivity index (χ2v) is 6.98. The number of piperazine rings is 1. The van der Waals surface area contributed by atoms with Crippen molar-refractivity contribution < 1.29 is 26.3 Å². The quantitative estimate of drug-likeness (QED) is 0.464. The maximum atomic E-state index is 12.8. The van der Waals surface area contributed by atoms with E-state index in [2.05, 4.69) is 15.3 Å². The van der Waals surface area contributed by atoms with E-state index in [1.54, 1.807) is 4.90 Å². The van der Waals surface area contributed by atoms with Gasteiger partial charge in [-0.1, -0.05) is 0 Å². The Kier molecular flexibility index (Phi) is 6.95. The van der Waals surface area contributed by atoms with Gasteiger partial charge in [0, 0.05) is 38.1 Å². The number of alkyl halides is 6. The molecule has 1 fully saturated rings. The van der Waals surface area contributed by atoms with Crippen LogP contribution in [0, 0.1) is 0 Å². The van der Waals surface area contributed by atoms with Gasteiger partial charge in [-0.25, -0.2) is 9.98 Å². The first kappa shape index (κ1) is 21.7. The van der Waals surface area contributed by atoms with Crippen LogP contribution in [-0.2, 0) is 12.7 Å². The van der Waals surface area contributed by atoms with Crippen molar-refractivity contribution in [1.29, 1.82) is 0 Å². The summed E-state index contributed by atoms with van der Waals surface area (Å²) < 4.78 is 76.3. The number of hydrogen-bond donors (Lipinski definition) is 1. The van der Waals surface area contributed by atoms with Crippen molar-refractivity contribution in [1.82, 2.24) is 20.1 Å². The highest BCUT2D eigenvalue weighted by atomic mass is 32.1. The van der Waals surface area contributed by atoms with Crippen LogP contribution in [0.1, 0.15) is 24.5 Å². The summed E-state index contributed by atoms with van der Waals surface area (Å²) in [5, 5.41) is 4.19. The van der Waals surface area contributed by atoms with Crippen molar-refractivity contribution in [2.75, 3.05) is 32.7 Å². The Hall–Kier alpha value is -1.56. The highest BCUT2D eigenvalue weighted by Crippen LogP contribution is 2.30. The van der Waals surface area contributed by atoms with Gasteiger partial charge in [-0.05, 0) is 13.8 Å². The SMILES string of the molecule is CCNC(=NCc1nc(C(F)(F)F)cs1)N1CCN(C(C)C(F)(F)F)CC1. The number of nitrogens with zero attached hydrogens (tertiary/aromatic N) is 4. The molecule has 1 aromatic rings. The average molecular weight is 417 g/mol. The van der Waals surface area contributed by atoms with Gasteiger partial charge in [-0.3, -0.25) is 4.90 Å². The first-order valence-electron chi connectivity index (χ1n) is 8.38. The molecular weight excluding hydrogens is 396 g/mol. The summed E-state index contributed by atoms with van der Waals surface area (Å²) in [4.78, 5) is 11.0. The minimum absolute atomic E-state index is 0.0255. The fourth-order valence-corrected chi connectivity index (χ4v) is 3.33. The number of halogens is 6. The molecule has 154 valence electrons. The summed E-state index contributed by atoms with van der Waals surface area (Å²) in [5.74, 6) is 0.459. The fraction of sp³-hybridized carbons (Fsp3) is 0.733. The summed E-state index contributed by atoms with van der Waals surface area (Å²) in [7, 11) is 0. The number of hydrogen-bond acceptors (Lipinski definition) is 4. The molecule has 5 nitrogen and oxygen atoms in total. The third kappa shape index (κ3) is 5.96. The zero-order valence-corrected chi connectivity index (χ0v) is 15.7. The first-order chi connectivity index (χ1) is 12.5. The van der Waals surface area contributed by atoms with E-state index in [-0.39, 0.29) is 24.6 Å². The Morgan fingerprint density at radius 2 is 1.85 bits per heavy atom. The Morgan fingerprint density at radius 1 is 1.22 bits per heavy atom. The summed E-state index contributed by atoms with van der Waals surface area (Å²) in [6.45, 7) is 4.61. The van der Waals surface area contributed by atoms with Crippen molar-refractivity contribution in [2.45, 2.75) is 38.8 Å². The summed E-state index contributed by atoms with van der Waals surface area (Å²) >= 11 is 0.872. The fourth-order valence-electron chi connectivity index (χ4n) is 2.61. The molecule has 1 atom stereocenters. The van der Waals surface area contributed by atoms with E-state index >= 15 is 0 Å². The lowest BCUT2D eigenvalue weighted by atomic mass is 10.2. The van der Waals surface area contributed by atoms with Crippen LogP contribution in [0.15, 0.2) is 10.4 Å². The zero-order valence-electron chi connectivity index (χ0n) is 14.9. The molecule has 0 amide bonds. The summed E-state index contributed by atoms with van der Waals surface area (Å²) in [6.07, 6.45) is -8.77. The second kappa shape index (κ2) is 8.63. The number of thiazole rings is 1. The second-order valence-electron chi connectivity index (χ2n) is 6.04. The van der Waals surface area contributed by atoms with Gasteiger partial charge >= 0.3 is 12.4 Å². The molecule has 1 aliphatic rings. The lowest BCUT2D eigenvalue weighted by molar-refractivity contribution is -0.181. The lowest BCUT2D eigenvalue weighted by Gasteiger charge is -2.39. The maximum Gasteiger partial charge on any atom is 0.434 e. The van der Waals surface area contributed by atoms with E-state index in [0.717, 1.165) is 23.6 Å². The van der Waals surface area contributed by atoms with Gasteiger partial charge in [0.25, 0.3) is 0 Å². The van der Waals surface area contributed by atoms with Crippen molar-refractivity contribution in [3.8, 4) is 0 Å². The van der Waals surface area contributed by atoms with E-state index in [9.17, 15) is 26.3 Å². The third-order valence-corrected chi connectivity index (χ3v) is 5.01. The predicted molar refractivity (Wildman–Crippen MR) is 90.6 cm³/mol. The molecule has 2 heterocycles. The molecule has 1 aromatic heterocycles. The van der Waals surface area contributed by atoms with Gasteiger partial charge < -0.3 is 10.2 Å². The minimum Gasteiger partial charge on any atom is -0.357 e. The number of aromatic nitrogens is 1. The molecule has 0 spiro atoms. The Labute approximate surface area is 157 Å². The number of aliphatic imine (C=N–C) groups is 1. The topological polar surface area (TPSA) is 43.8 Å². The molecule has 1 unspecified atom stereocenters. The molecule has 12 heteroatoms. The highest BCUT2D eigenvalue weighted by Gasteiger charge is 2.41. The zero-order chi connectivity index (χ0) is 20.2. The van der Waals surface area contributed by atoms with Crippen LogP contribution in [0.4, 0.5) is 26.3 Å². The van der Waals surface area contributed by atoms with Gasteiger partial charge in [0.1, 0.15) is 11.0 Å². The lowest BCUT2D eigenvalue weighted by Crippen LogP contribution is -2.56. The van der Waals surface area contributed by atoms with Crippen LogP contribution in [0.2, 0.25) is 0 Å². The van der Waals surface area contributed by atoms with Crippen LogP contribution in [0.3, 0.4) is 0 Å². The van der Waals surface area contributed by atoms with Gasteiger partial charge in [-0.15, -0.1) is 11.3 Å². The van der Waals surface area contributed by atoms with E-state index in [0.29, 0.717) is 25.6 Å². The third-order valence-electron chi connectivity index (χ3n) is 4.18. The van der Waals surface area contributed by atoms with Crippen molar-refractivity contribution in [3.63, 3.8) is 0 Å². The smallest absolute Gasteiger partial charge is 0.357 e. The molecule has 0 saturated carbocycles. The largest absolute Gasteiger partial charge is 0.434 e. The van der Waals surface area contributed by atoms with Crippen LogP contribution in [0.5, 0.6) is 0 Å². The average Bonchev–Trinajstić information content (AvgIpc) is 3.07. The maximum absolute atomic E-state index is 12.8. The Balaban J connectivity index is 1.99. The van der Waals surface area contributed by atoms with Gasteiger partial charge in [0.15, 0.2) is 11.7 Å². The molecule has 0 aromatic carbocycles. The van der Waals surface area contributed by atoms with Gasteiger partial charge in [0.05, 0.1) is 6.54 Å². The minimum atomic E-state index is -4.49. The van der Waals surface area contributed by atoms with Crippen LogP contribution in [0.25, 0.3) is 0 Å². The van der Waals surface area contributed by atoms with E-state index in [1.165, 1.54) is 4.90 Å². The predicted octanol–water partition coefficient (Wildman–Crippen LogP) is 3.20. The molecule has 1 N–H and O–H groups in total. The molecule has 0 bridgehead atoms. The molecule has 2 rings (SSSR count). The normalized spacial score (nSPS) is 18.7. The molecule has 27 heavy (non-hydrogen) atoms.